The van der Waals surface area contributed by atoms with Crippen LogP contribution in [0.1, 0.15) is 17.2 Å². The second-order valence-corrected chi connectivity index (χ2v) is 4.27. The van der Waals surface area contributed by atoms with Crippen molar-refractivity contribution in [2.75, 3.05) is 7.11 Å². The number of methoxy groups -OCH3 is 1. The maximum atomic E-state index is 11.7. The molecule has 0 fully saturated rings. The van der Waals surface area contributed by atoms with Crippen molar-refractivity contribution in [3.05, 3.63) is 65.7 Å². The summed E-state index contributed by atoms with van der Waals surface area (Å²) in [6.45, 7) is 0.118. The van der Waals surface area contributed by atoms with Crippen molar-refractivity contribution >= 4 is 5.97 Å². The number of rotatable bonds is 5. The van der Waals surface area contributed by atoms with E-state index in [9.17, 15) is 9.90 Å². The largest absolute Gasteiger partial charge is 0.497 e. The molecule has 0 saturated carbocycles. The molecule has 0 saturated heterocycles. The molecule has 1 unspecified atom stereocenters. The van der Waals surface area contributed by atoms with Gasteiger partial charge < -0.3 is 14.6 Å². The number of carbonyl (C=O) groups excluding carboxylic acids is 1. The molecule has 0 amide bonds. The van der Waals surface area contributed by atoms with Crippen LogP contribution in [0.25, 0.3) is 0 Å². The second-order valence-electron chi connectivity index (χ2n) is 4.27. The number of ether oxygens (including phenoxy) is 2. The number of aliphatic hydroxyl groups is 1. The highest BCUT2D eigenvalue weighted by molar-refractivity contribution is 5.76. The predicted molar refractivity (Wildman–Crippen MR) is 74.2 cm³/mol. The topological polar surface area (TPSA) is 55.8 Å². The Morgan fingerprint density at radius 3 is 2.35 bits per heavy atom. The molecule has 0 aliphatic carbocycles. The van der Waals surface area contributed by atoms with E-state index in [0.29, 0.717) is 5.56 Å². The van der Waals surface area contributed by atoms with E-state index in [4.69, 9.17) is 9.47 Å². The summed E-state index contributed by atoms with van der Waals surface area (Å²) < 4.78 is 10.1. The second kappa shape index (κ2) is 6.73. The van der Waals surface area contributed by atoms with E-state index in [0.717, 1.165) is 11.3 Å². The highest BCUT2D eigenvalue weighted by Gasteiger charge is 2.18. The first kappa shape index (κ1) is 14.1. The molecule has 20 heavy (non-hydrogen) atoms. The normalized spacial score (nSPS) is 11.7. The first-order valence-corrected chi connectivity index (χ1v) is 6.23. The van der Waals surface area contributed by atoms with Gasteiger partial charge in [-0.3, -0.25) is 0 Å². The van der Waals surface area contributed by atoms with Crippen LogP contribution in [0, 0.1) is 0 Å². The van der Waals surface area contributed by atoms with Crippen molar-refractivity contribution in [2.24, 2.45) is 0 Å². The number of aliphatic hydroxyl groups excluding tert-OH is 1. The van der Waals surface area contributed by atoms with Gasteiger partial charge in [-0.15, -0.1) is 0 Å². The third-order valence-electron chi connectivity index (χ3n) is 2.88. The minimum Gasteiger partial charge on any atom is -0.497 e. The van der Waals surface area contributed by atoms with Gasteiger partial charge in [0.1, 0.15) is 12.4 Å². The first-order chi connectivity index (χ1) is 9.70. The fraction of sp³-hybridized carbons (Fsp3) is 0.188. The Labute approximate surface area is 117 Å². The van der Waals surface area contributed by atoms with Gasteiger partial charge in [-0.25, -0.2) is 4.79 Å². The quantitative estimate of drug-likeness (QED) is 0.849. The van der Waals surface area contributed by atoms with Crippen LogP contribution in [0.3, 0.4) is 0 Å². The number of benzene rings is 2. The smallest absolute Gasteiger partial charge is 0.339 e. The molecule has 2 rings (SSSR count). The Bertz CT molecular complexity index is 548. The average molecular weight is 272 g/mol. The molecule has 4 nitrogen and oxygen atoms in total. The van der Waals surface area contributed by atoms with Crippen LogP contribution < -0.4 is 4.74 Å². The monoisotopic (exact) mass is 272 g/mol. The molecule has 2 aromatic rings. The van der Waals surface area contributed by atoms with E-state index >= 15 is 0 Å². The van der Waals surface area contributed by atoms with E-state index in [-0.39, 0.29) is 6.61 Å². The lowest BCUT2D eigenvalue weighted by Gasteiger charge is -2.11. The molecule has 0 bridgehead atoms. The molecular formula is C16H16O4. The van der Waals surface area contributed by atoms with Gasteiger partial charge in [0.15, 0.2) is 6.10 Å². The third-order valence-corrected chi connectivity index (χ3v) is 2.88. The molecule has 1 N–H and O–H groups in total. The standard InChI is InChI=1S/C16H16O4/c1-19-14-9-7-12(8-10-14)11-20-16(18)15(17)13-5-3-2-4-6-13/h2-10,15,17H,11H2,1H3. The van der Waals surface area contributed by atoms with Crippen LogP contribution in [0.2, 0.25) is 0 Å². The highest BCUT2D eigenvalue weighted by atomic mass is 16.5. The van der Waals surface area contributed by atoms with Crippen LogP contribution in [0.4, 0.5) is 0 Å². The van der Waals surface area contributed by atoms with Gasteiger partial charge in [0, 0.05) is 0 Å². The molecule has 4 heteroatoms. The van der Waals surface area contributed by atoms with Crippen molar-refractivity contribution in [2.45, 2.75) is 12.7 Å². The van der Waals surface area contributed by atoms with Crippen LogP contribution in [0.15, 0.2) is 54.6 Å². The molecule has 0 aromatic heterocycles. The maximum absolute atomic E-state index is 11.7. The SMILES string of the molecule is COc1ccc(COC(=O)C(O)c2ccccc2)cc1. The van der Waals surface area contributed by atoms with Crippen LogP contribution in [-0.2, 0) is 16.1 Å². The Morgan fingerprint density at radius 1 is 1.10 bits per heavy atom. The van der Waals surface area contributed by atoms with E-state index < -0.39 is 12.1 Å². The highest BCUT2D eigenvalue weighted by Crippen LogP contribution is 2.16. The maximum Gasteiger partial charge on any atom is 0.339 e. The Balaban J connectivity index is 1.91. The number of hydrogen-bond acceptors (Lipinski definition) is 4. The number of esters is 1. The molecule has 0 aliphatic rings. The Kier molecular flexibility index (Phi) is 4.74. The number of carbonyl (C=O) groups is 1. The lowest BCUT2D eigenvalue weighted by molar-refractivity contribution is -0.155. The minimum absolute atomic E-state index is 0.118. The zero-order chi connectivity index (χ0) is 14.4. The van der Waals surface area contributed by atoms with Gasteiger partial charge in [-0.2, -0.15) is 0 Å². The molecule has 1 atom stereocenters. The Morgan fingerprint density at radius 2 is 1.75 bits per heavy atom. The summed E-state index contributed by atoms with van der Waals surface area (Å²) in [7, 11) is 1.59. The molecule has 0 radical (unpaired) electrons. The van der Waals surface area contributed by atoms with Gasteiger partial charge in [-0.1, -0.05) is 42.5 Å². The molecule has 2 aromatic carbocycles. The van der Waals surface area contributed by atoms with Crippen LogP contribution in [-0.4, -0.2) is 18.2 Å². The van der Waals surface area contributed by atoms with Crippen molar-refractivity contribution in [1.29, 1.82) is 0 Å². The number of hydrogen-bond donors (Lipinski definition) is 1. The van der Waals surface area contributed by atoms with Gasteiger partial charge in [0.05, 0.1) is 7.11 Å². The van der Waals surface area contributed by atoms with E-state index in [1.807, 2.05) is 6.07 Å². The van der Waals surface area contributed by atoms with Gasteiger partial charge in [-0.05, 0) is 23.3 Å². The van der Waals surface area contributed by atoms with Gasteiger partial charge in [0.25, 0.3) is 0 Å². The summed E-state index contributed by atoms with van der Waals surface area (Å²) in [6, 6.07) is 15.9. The molecule has 104 valence electrons. The van der Waals surface area contributed by atoms with Crippen molar-refractivity contribution in [3.63, 3.8) is 0 Å². The molecule has 0 aliphatic heterocycles. The summed E-state index contributed by atoms with van der Waals surface area (Å²) in [5.74, 6) is 0.0800. The molecule has 0 heterocycles. The fourth-order valence-corrected chi connectivity index (χ4v) is 1.73. The van der Waals surface area contributed by atoms with Crippen LogP contribution in [0.5, 0.6) is 5.75 Å². The zero-order valence-corrected chi connectivity index (χ0v) is 11.2. The Hall–Kier alpha value is -2.33. The minimum atomic E-state index is -1.26. The van der Waals surface area contributed by atoms with Gasteiger partial charge in [0.2, 0.25) is 0 Å². The van der Waals surface area contributed by atoms with E-state index in [1.165, 1.54) is 0 Å². The van der Waals surface area contributed by atoms with E-state index in [2.05, 4.69) is 0 Å². The summed E-state index contributed by atoms with van der Waals surface area (Å²) in [6.07, 6.45) is -1.26. The van der Waals surface area contributed by atoms with Crippen LogP contribution >= 0.6 is 0 Å². The summed E-state index contributed by atoms with van der Waals surface area (Å²) >= 11 is 0. The van der Waals surface area contributed by atoms with Crippen molar-refractivity contribution < 1.29 is 19.4 Å². The molecule has 0 spiro atoms. The predicted octanol–water partition coefficient (Wildman–Crippen LogP) is 2.47. The zero-order valence-electron chi connectivity index (χ0n) is 11.2. The van der Waals surface area contributed by atoms with Crippen molar-refractivity contribution in [1.82, 2.24) is 0 Å². The summed E-state index contributed by atoms with van der Waals surface area (Å²) in [5, 5.41) is 9.85. The molecular weight excluding hydrogens is 256 g/mol. The average Bonchev–Trinajstić information content (AvgIpc) is 2.53. The first-order valence-electron chi connectivity index (χ1n) is 6.23. The lowest BCUT2D eigenvalue weighted by atomic mass is 10.1. The lowest BCUT2D eigenvalue weighted by Crippen LogP contribution is -2.15. The van der Waals surface area contributed by atoms with Gasteiger partial charge >= 0.3 is 5.97 Å². The van der Waals surface area contributed by atoms with E-state index in [1.54, 1.807) is 55.6 Å². The summed E-state index contributed by atoms with van der Waals surface area (Å²) in [4.78, 5) is 11.7. The van der Waals surface area contributed by atoms with Crippen molar-refractivity contribution in [3.8, 4) is 5.75 Å². The summed E-state index contributed by atoms with van der Waals surface area (Å²) in [5.41, 5.74) is 1.35. The third kappa shape index (κ3) is 3.59. The fourth-order valence-electron chi connectivity index (χ4n) is 1.73.